The third-order valence-corrected chi connectivity index (χ3v) is 10.3. The van der Waals surface area contributed by atoms with Crippen molar-refractivity contribution >= 4 is 29.1 Å². The number of carbonyl (C=O) groups is 3. The fourth-order valence-corrected chi connectivity index (χ4v) is 8.11. The van der Waals surface area contributed by atoms with Crippen LogP contribution in [0, 0.1) is 26.7 Å². The number of ether oxygens (including phenoxy) is 2. The molecule has 47 heavy (non-hydrogen) atoms. The van der Waals surface area contributed by atoms with E-state index in [1.807, 2.05) is 30.0 Å². The van der Waals surface area contributed by atoms with Gasteiger partial charge >= 0.3 is 5.97 Å². The van der Waals surface area contributed by atoms with Gasteiger partial charge in [0.2, 0.25) is 0 Å². The number of hydrogen-bond donors (Lipinski definition) is 2. The molecule has 2 N–H and O–H groups in total. The van der Waals surface area contributed by atoms with Crippen LogP contribution in [0.2, 0.25) is 0 Å². The van der Waals surface area contributed by atoms with Gasteiger partial charge in [0.05, 0.1) is 34.7 Å². The molecule has 8 rings (SSSR count). The molecule has 10 heteroatoms. The molecule has 1 saturated carbocycles. The van der Waals surface area contributed by atoms with Gasteiger partial charge in [-0.2, -0.15) is 0 Å². The minimum absolute atomic E-state index is 0.0123. The number of hydrogen-bond acceptors (Lipinski definition) is 7. The Kier molecular flexibility index (Phi) is 8.21. The summed E-state index contributed by atoms with van der Waals surface area (Å²) in [5.41, 5.74) is 6.77. The van der Waals surface area contributed by atoms with Crippen molar-refractivity contribution in [3.05, 3.63) is 98.7 Å². The van der Waals surface area contributed by atoms with E-state index >= 15 is 0 Å². The molecular formula is C37H37N3O6S. The maximum atomic E-state index is 13.9. The monoisotopic (exact) mass is 651 g/mol. The summed E-state index contributed by atoms with van der Waals surface area (Å²) < 4.78 is 10.8. The molecule has 0 unspecified atom stereocenters. The van der Waals surface area contributed by atoms with Crippen LogP contribution in [0.25, 0.3) is 10.4 Å². The van der Waals surface area contributed by atoms with Crippen LogP contribution < -0.4 is 14.8 Å². The first-order chi connectivity index (χ1) is 22.7. The number of amides is 2. The van der Waals surface area contributed by atoms with Crippen LogP contribution in [0.15, 0.2) is 54.6 Å². The van der Waals surface area contributed by atoms with Crippen molar-refractivity contribution in [2.45, 2.75) is 58.5 Å². The number of benzene rings is 3. The van der Waals surface area contributed by atoms with Gasteiger partial charge in [0, 0.05) is 42.1 Å². The summed E-state index contributed by atoms with van der Waals surface area (Å²) in [7, 11) is 0. The quantitative estimate of drug-likeness (QED) is 0.262. The lowest BCUT2D eigenvalue weighted by Crippen LogP contribution is -2.45. The van der Waals surface area contributed by atoms with E-state index in [-0.39, 0.29) is 23.9 Å². The van der Waals surface area contributed by atoms with E-state index in [2.05, 4.69) is 42.3 Å². The number of carboxylic acids is 1. The standard InChI is InChI=1S/C28H29N3O3S.C9H8O3/c1-15-9-16(2)11-19(10-15)26-25(30-17(3)35-26)28(33)31-20(12-18-13-23(18)31)14-29-27(32)22-5-4-6-24-21(22)7-8-34-24;10-9(11)7-2-1-3-8-6(7)4-5-12-8/h4-6,9-11,18,20,23H,7-8,12-14H2,1-3H3,(H,29,32);1-3H,4-5H2,(H,10,11)/t18-,20+,23+;/m1./s1. The molecular weight excluding hydrogens is 614 g/mol. The Morgan fingerprint density at radius 3 is 2.21 bits per heavy atom. The van der Waals surface area contributed by atoms with Crippen molar-refractivity contribution in [1.82, 2.24) is 15.2 Å². The predicted molar refractivity (Wildman–Crippen MR) is 179 cm³/mol. The van der Waals surface area contributed by atoms with Gasteiger partial charge in [-0.25, -0.2) is 9.78 Å². The summed E-state index contributed by atoms with van der Waals surface area (Å²) in [6, 6.07) is 17.4. The number of likely N-dealkylation sites (tertiary alicyclic amines) is 1. The van der Waals surface area contributed by atoms with Gasteiger partial charge in [-0.3, -0.25) is 9.59 Å². The lowest BCUT2D eigenvalue weighted by atomic mass is 10.0. The number of nitrogens with one attached hydrogen (secondary N) is 1. The molecule has 9 nitrogen and oxygen atoms in total. The predicted octanol–water partition coefficient (Wildman–Crippen LogP) is 6.02. The van der Waals surface area contributed by atoms with E-state index < -0.39 is 5.97 Å². The zero-order valence-corrected chi connectivity index (χ0v) is 27.5. The highest BCUT2D eigenvalue weighted by atomic mass is 32.1. The van der Waals surface area contributed by atoms with Crippen molar-refractivity contribution < 1.29 is 29.0 Å². The zero-order chi connectivity index (χ0) is 32.8. The Morgan fingerprint density at radius 1 is 0.915 bits per heavy atom. The molecule has 4 aromatic rings. The molecule has 3 atom stereocenters. The largest absolute Gasteiger partial charge is 0.493 e. The van der Waals surface area contributed by atoms with E-state index in [1.165, 1.54) is 11.1 Å². The van der Waals surface area contributed by atoms with Crippen molar-refractivity contribution in [3.8, 4) is 21.9 Å². The molecule has 2 fully saturated rings. The number of thiazole rings is 1. The van der Waals surface area contributed by atoms with E-state index in [4.69, 9.17) is 14.6 Å². The summed E-state index contributed by atoms with van der Waals surface area (Å²) >= 11 is 1.57. The summed E-state index contributed by atoms with van der Waals surface area (Å²) in [6.45, 7) is 7.77. The molecule has 3 aliphatic heterocycles. The van der Waals surface area contributed by atoms with E-state index in [0.717, 1.165) is 57.3 Å². The number of aromatic nitrogens is 1. The van der Waals surface area contributed by atoms with Gasteiger partial charge in [-0.1, -0.05) is 41.5 Å². The summed E-state index contributed by atoms with van der Waals surface area (Å²) in [6.07, 6.45) is 3.43. The second-order valence-electron chi connectivity index (χ2n) is 12.7. The van der Waals surface area contributed by atoms with Crippen molar-refractivity contribution in [3.63, 3.8) is 0 Å². The number of carbonyl (C=O) groups excluding carboxylic acids is 2. The SMILES string of the molecule is Cc1cc(C)cc(-c2sc(C)nc2C(=O)N2[C@H](CNC(=O)c3cccc4c3CCO4)C[C@@H]3C[C@@H]32)c1.O=C(O)c1cccc2c1CCO2. The van der Waals surface area contributed by atoms with Crippen LogP contribution in [-0.2, 0) is 12.8 Å². The average molecular weight is 652 g/mol. The molecule has 0 radical (unpaired) electrons. The van der Waals surface area contributed by atoms with Crippen LogP contribution in [0.5, 0.6) is 11.5 Å². The molecule has 1 saturated heterocycles. The Morgan fingerprint density at radius 2 is 1.55 bits per heavy atom. The molecule has 4 heterocycles. The number of fused-ring (bicyclic) bond motifs is 3. The first-order valence-electron chi connectivity index (χ1n) is 16.1. The van der Waals surface area contributed by atoms with E-state index in [9.17, 15) is 14.4 Å². The highest BCUT2D eigenvalue weighted by Gasteiger charge is 2.54. The van der Waals surface area contributed by atoms with Crippen LogP contribution in [0.4, 0.5) is 0 Å². The van der Waals surface area contributed by atoms with Crippen LogP contribution in [0.1, 0.15) is 71.3 Å². The average Bonchev–Trinajstić information content (AvgIpc) is 3.53. The van der Waals surface area contributed by atoms with Crippen LogP contribution >= 0.6 is 11.3 Å². The van der Waals surface area contributed by atoms with Crippen LogP contribution in [-0.4, -0.2) is 64.6 Å². The normalized spacial score (nSPS) is 19.8. The minimum atomic E-state index is -0.877. The van der Waals surface area contributed by atoms with Gasteiger partial charge in [0.1, 0.15) is 17.2 Å². The zero-order valence-electron chi connectivity index (χ0n) is 26.7. The highest BCUT2D eigenvalue weighted by Crippen LogP contribution is 2.49. The van der Waals surface area contributed by atoms with Gasteiger partial charge < -0.3 is 24.8 Å². The molecule has 2 amide bonds. The Balaban J connectivity index is 0.000000245. The number of aryl methyl sites for hydroxylation is 3. The number of piperidine rings is 1. The van der Waals surface area contributed by atoms with Gasteiger partial charge in [0.15, 0.2) is 0 Å². The summed E-state index contributed by atoms with van der Waals surface area (Å²) in [5, 5.41) is 12.8. The van der Waals surface area contributed by atoms with Crippen molar-refractivity contribution in [2.24, 2.45) is 5.92 Å². The van der Waals surface area contributed by atoms with Gasteiger partial charge in [-0.05, 0) is 69.4 Å². The molecule has 0 spiro atoms. The highest BCUT2D eigenvalue weighted by molar-refractivity contribution is 7.15. The number of carboxylic acid groups (broad SMARTS) is 1. The molecule has 0 bridgehead atoms. The second kappa shape index (κ2) is 12.5. The summed E-state index contributed by atoms with van der Waals surface area (Å²) in [4.78, 5) is 45.2. The van der Waals surface area contributed by atoms with Gasteiger partial charge in [-0.15, -0.1) is 11.3 Å². The van der Waals surface area contributed by atoms with Crippen molar-refractivity contribution in [1.29, 1.82) is 0 Å². The maximum Gasteiger partial charge on any atom is 0.336 e. The first-order valence-corrected chi connectivity index (χ1v) is 16.9. The van der Waals surface area contributed by atoms with Crippen molar-refractivity contribution in [2.75, 3.05) is 19.8 Å². The smallest absolute Gasteiger partial charge is 0.336 e. The number of rotatable bonds is 6. The first kappa shape index (κ1) is 30.9. The fraction of sp³-hybridized carbons (Fsp3) is 0.351. The third kappa shape index (κ3) is 6.10. The lowest BCUT2D eigenvalue weighted by Gasteiger charge is -2.28. The lowest BCUT2D eigenvalue weighted by molar-refractivity contribution is 0.0681. The van der Waals surface area contributed by atoms with Gasteiger partial charge in [0.25, 0.3) is 11.8 Å². The molecule has 1 aromatic heterocycles. The fourth-order valence-electron chi connectivity index (χ4n) is 7.22. The molecule has 4 aliphatic rings. The Hall–Kier alpha value is -4.70. The third-order valence-electron chi connectivity index (χ3n) is 9.32. The Labute approximate surface area is 277 Å². The second-order valence-corrected chi connectivity index (χ2v) is 13.9. The summed E-state index contributed by atoms with van der Waals surface area (Å²) in [5.74, 6) is 1.06. The topological polar surface area (TPSA) is 118 Å². The number of nitrogens with zero attached hydrogens (tertiary/aromatic N) is 2. The molecule has 242 valence electrons. The van der Waals surface area contributed by atoms with E-state index in [1.54, 1.807) is 29.5 Å². The molecule has 3 aromatic carbocycles. The Bertz CT molecular complexity index is 1880. The minimum Gasteiger partial charge on any atom is -0.493 e. The number of aromatic carboxylic acids is 1. The van der Waals surface area contributed by atoms with Crippen LogP contribution in [0.3, 0.4) is 0 Å². The molecule has 1 aliphatic carbocycles. The maximum absolute atomic E-state index is 13.9. The van der Waals surface area contributed by atoms with E-state index in [0.29, 0.717) is 48.9 Å².